The molecular weight excluding hydrogens is 528 g/mol. The van der Waals surface area contributed by atoms with E-state index < -0.39 is 41.3 Å². The third-order valence-electron chi connectivity index (χ3n) is 6.50. The number of hydrogen-bond acceptors (Lipinski definition) is 9. The van der Waals surface area contributed by atoms with E-state index in [1.165, 1.54) is 4.90 Å². The average Bonchev–Trinajstić information content (AvgIpc) is 3.35. The lowest BCUT2D eigenvalue weighted by Crippen LogP contribution is -2.57. The number of amides is 3. The Balaban J connectivity index is 2.41. The minimum Gasteiger partial charge on any atom is -0.459 e. The monoisotopic (exact) mass is 573 g/mol. The molecule has 1 aromatic carbocycles. The molecule has 1 aromatic rings. The standard InChI is InChI=1S/C30H45N4O7/c1-10-20(3)24(31-18-23(35)40-29(4,5)6)27(37)33-17-11-12-22(33)26(36)34(28(38)41-30(7,8)9)25(32-39)21-15-13-19(2)14-16-21/h13-16,20,22,24,31,39H,2,10-12,17-18H2,1,3-9H3/t20-,22-,24-/m0/s1. The van der Waals surface area contributed by atoms with Crippen LogP contribution in [0.3, 0.4) is 0 Å². The Morgan fingerprint density at radius 1 is 1.10 bits per heavy atom. The Hall–Kier alpha value is -3.47. The minimum atomic E-state index is -1.03. The SMILES string of the molecule is [CH2]c1ccc(C(=NO)N(C(=O)OC(C)(C)C)C(=O)[C@@H]2CCCN2C(=O)[C@@H](NCC(=O)OC(C)(C)C)[C@@H](C)CC)cc1. The summed E-state index contributed by atoms with van der Waals surface area (Å²) in [6, 6.07) is 4.64. The number of carbonyl (C=O) groups excluding carboxylic acids is 4. The van der Waals surface area contributed by atoms with Crippen molar-refractivity contribution in [1.29, 1.82) is 0 Å². The lowest BCUT2D eigenvalue weighted by Gasteiger charge is -2.34. The molecule has 1 aliphatic heterocycles. The lowest BCUT2D eigenvalue weighted by molar-refractivity contribution is -0.154. The molecule has 11 nitrogen and oxygen atoms in total. The molecule has 2 N–H and O–H groups in total. The van der Waals surface area contributed by atoms with Gasteiger partial charge < -0.3 is 19.6 Å². The number of nitrogens with one attached hydrogen (secondary N) is 1. The van der Waals surface area contributed by atoms with Crippen LogP contribution in [0, 0.1) is 12.8 Å². The fraction of sp³-hybridized carbons (Fsp3) is 0.600. The number of oxime groups is 1. The molecule has 0 aromatic heterocycles. The number of imide groups is 1. The van der Waals surface area contributed by atoms with Gasteiger partial charge in [0.05, 0.1) is 12.6 Å². The maximum absolute atomic E-state index is 14.0. The first-order valence-electron chi connectivity index (χ1n) is 14.0. The van der Waals surface area contributed by atoms with E-state index in [9.17, 15) is 24.4 Å². The first-order chi connectivity index (χ1) is 19.0. The largest absolute Gasteiger partial charge is 0.459 e. The van der Waals surface area contributed by atoms with Crippen molar-refractivity contribution < 1.29 is 33.9 Å². The van der Waals surface area contributed by atoms with Crippen LogP contribution in [0.4, 0.5) is 4.79 Å². The summed E-state index contributed by atoms with van der Waals surface area (Å²) in [5.41, 5.74) is -0.659. The molecule has 3 atom stereocenters. The maximum atomic E-state index is 14.0. The van der Waals surface area contributed by atoms with Gasteiger partial charge in [0.1, 0.15) is 17.2 Å². The van der Waals surface area contributed by atoms with E-state index in [4.69, 9.17) is 9.47 Å². The van der Waals surface area contributed by atoms with E-state index in [1.54, 1.807) is 65.8 Å². The van der Waals surface area contributed by atoms with Gasteiger partial charge in [-0.25, -0.2) is 4.79 Å². The third kappa shape index (κ3) is 9.55. The predicted molar refractivity (Wildman–Crippen MR) is 154 cm³/mol. The Labute approximate surface area is 243 Å². The molecule has 3 amide bonds. The van der Waals surface area contributed by atoms with Crippen molar-refractivity contribution in [1.82, 2.24) is 15.1 Å². The molecule has 0 bridgehead atoms. The van der Waals surface area contributed by atoms with Gasteiger partial charge in [-0.1, -0.05) is 49.7 Å². The van der Waals surface area contributed by atoms with Crippen molar-refractivity contribution in [3.8, 4) is 0 Å². The zero-order chi connectivity index (χ0) is 31.1. The molecule has 0 saturated carbocycles. The van der Waals surface area contributed by atoms with Crippen LogP contribution in [0.5, 0.6) is 0 Å². The molecule has 1 fully saturated rings. The van der Waals surface area contributed by atoms with Gasteiger partial charge in [-0.15, -0.1) is 0 Å². The van der Waals surface area contributed by atoms with Gasteiger partial charge in [0.25, 0.3) is 5.91 Å². The summed E-state index contributed by atoms with van der Waals surface area (Å²) in [6.07, 6.45) is 0.415. The Bertz CT molecular complexity index is 1120. The smallest absolute Gasteiger partial charge is 0.423 e. The van der Waals surface area contributed by atoms with Crippen LogP contribution in [-0.2, 0) is 23.9 Å². The van der Waals surface area contributed by atoms with Crippen LogP contribution in [0.2, 0.25) is 0 Å². The number of likely N-dealkylation sites (tertiary alicyclic amines) is 1. The molecule has 1 saturated heterocycles. The van der Waals surface area contributed by atoms with Crippen molar-refractivity contribution in [2.24, 2.45) is 11.1 Å². The summed E-state index contributed by atoms with van der Waals surface area (Å²) in [7, 11) is 0. The van der Waals surface area contributed by atoms with Crippen LogP contribution in [0.25, 0.3) is 0 Å². The normalized spacial score (nSPS) is 17.5. The van der Waals surface area contributed by atoms with Crippen molar-refractivity contribution >= 4 is 29.7 Å². The number of benzene rings is 1. The van der Waals surface area contributed by atoms with Crippen molar-refractivity contribution in [2.75, 3.05) is 13.1 Å². The first kappa shape index (κ1) is 33.7. The van der Waals surface area contributed by atoms with E-state index in [2.05, 4.69) is 17.4 Å². The topological polar surface area (TPSA) is 138 Å². The van der Waals surface area contributed by atoms with Crippen LogP contribution >= 0.6 is 0 Å². The van der Waals surface area contributed by atoms with Gasteiger partial charge >= 0.3 is 12.1 Å². The van der Waals surface area contributed by atoms with Gasteiger partial charge in [0, 0.05) is 12.1 Å². The van der Waals surface area contributed by atoms with E-state index >= 15 is 0 Å². The first-order valence-corrected chi connectivity index (χ1v) is 14.0. The number of esters is 1. The van der Waals surface area contributed by atoms with Crippen molar-refractivity contribution in [2.45, 2.75) is 97.9 Å². The molecule has 0 unspecified atom stereocenters. The van der Waals surface area contributed by atoms with Crippen LogP contribution < -0.4 is 5.32 Å². The average molecular weight is 574 g/mol. The Morgan fingerprint density at radius 2 is 1.68 bits per heavy atom. The Kier molecular flexibility index (Phi) is 11.5. The van der Waals surface area contributed by atoms with Crippen molar-refractivity contribution in [3.05, 3.63) is 42.3 Å². The quantitative estimate of drug-likeness (QED) is 0.156. The summed E-state index contributed by atoms with van der Waals surface area (Å²) in [6.45, 7) is 18.0. The highest BCUT2D eigenvalue weighted by Crippen LogP contribution is 2.25. The molecule has 1 radical (unpaired) electrons. The van der Waals surface area contributed by atoms with E-state index in [0.717, 1.165) is 0 Å². The second kappa shape index (κ2) is 13.9. The van der Waals surface area contributed by atoms with Crippen LogP contribution in [0.15, 0.2) is 29.4 Å². The molecule has 2 rings (SSSR count). The zero-order valence-corrected chi connectivity index (χ0v) is 25.5. The number of ether oxygens (including phenoxy) is 2. The summed E-state index contributed by atoms with van der Waals surface area (Å²) in [5, 5.41) is 16.3. The highest BCUT2D eigenvalue weighted by atomic mass is 16.6. The van der Waals surface area contributed by atoms with Gasteiger partial charge in [-0.05, 0) is 72.8 Å². The fourth-order valence-corrected chi connectivity index (χ4v) is 4.43. The second-order valence-electron chi connectivity index (χ2n) is 12.3. The van der Waals surface area contributed by atoms with E-state index in [-0.39, 0.29) is 36.3 Å². The lowest BCUT2D eigenvalue weighted by atomic mass is 9.97. The molecule has 41 heavy (non-hydrogen) atoms. The molecule has 1 aliphatic rings. The molecule has 0 aliphatic carbocycles. The minimum absolute atomic E-state index is 0.168. The number of carbonyl (C=O) groups is 4. The zero-order valence-electron chi connectivity index (χ0n) is 25.5. The summed E-state index contributed by atoms with van der Waals surface area (Å²) in [4.78, 5) is 55.8. The van der Waals surface area contributed by atoms with Gasteiger partial charge in [-0.2, -0.15) is 4.90 Å². The number of hydrogen-bond donors (Lipinski definition) is 2. The second-order valence-corrected chi connectivity index (χ2v) is 12.3. The van der Waals surface area contributed by atoms with Crippen LogP contribution in [-0.4, -0.2) is 81.1 Å². The van der Waals surface area contributed by atoms with Crippen molar-refractivity contribution in [3.63, 3.8) is 0 Å². The van der Waals surface area contributed by atoms with Gasteiger partial charge in [0.2, 0.25) is 5.91 Å². The van der Waals surface area contributed by atoms with E-state index in [0.29, 0.717) is 29.7 Å². The third-order valence-corrected chi connectivity index (χ3v) is 6.50. The van der Waals surface area contributed by atoms with E-state index in [1.807, 2.05) is 13.8 Å². The van der Waals surface area contributed by atoms with Gasteiger partial charge in [0.15, 0.2) is 5.84 Å². The van der Waals surface area contributed by atoms with Crippen LogP contribution in [0.1, 0.15) is 85.8 Å². The molecule has 11 heteroatoms. The predicted octanol–water partition coefficient (Wildman–Crippen LogP) is 4.11. The maximum Gasteiger partial charge on any atom is 0.423 e. The number of rotatable bonds is 8. The summed E-state index contributed by atoms with van der Waals surface area (Å²) >= 11 is 0. The summed E-state index contributed by atoms with van der Waals surface area (Å²) in [5.74, 6) is -2.12. The molecular formula is C30H45N4O7. The van der Waals surface area contributed by atoms with Gasteiger partial charge in [-0.3, -0.25) is 19.7 Å². The molecule has 1 heterocycles. The highest BCUT2D eigenvalue weighted by Gasteiger charge is 2.44. The summed E-state index contributed by atoms with van der Waals surface area (Å²) < 4.78 is 10.9. The Morgan fingerprint density at radius 3 is 2.20 bits per heavy atom. The molecule has 0 spiro atoms. The fourth-order valence-electron chi connectivity index (χ4n) is 4.43. The number of nitrogens with zero attached hydrogens (tertiary/aromatic N) is 3. The molecule has 227 valence electrons. The highest BCUT2D eigenvalue weighted by molar-refractivity contribution is 6.18. The number of amidine groups is 1.